The third kappa shape index (κ3) is 2.45. The Labute approximate surface area is 89.7 Å². The van der Waals surface area contributed by atoms with Gasteiger partial charge in [0.05, 0.1) is 10.6 Å². The zero-order valence-corrected chi connectivity index (χ0v) is 9.26. The molecule has 0 spiro atoms. The maximum absolute atomic E-state index is 10.6. The lowest BCUT2D eigenvalue weighted by atomic mass is 10.1. The average Bonchev–Trinajstić information content (AvgIpc) is 2.03. The molecule has 0 aromatic heterocycles. The van der Waals surface area contributed by atoms with Crippen LogP contribution in [-0.2, 0) is 0 Å². The first-order valence-electron chi connectivity index (χ1n) is 3.69. The van der Waals surface area contributed by atoms with Crippen molar-refractivity contribution >= 4 is 33.5 Å². The van der Waals surface area contributed by atoms with Crippen LogP contribution in [0.3, 0.4) is 0 Å². The number of carboxylic acids is 1. The van der Waals surface area contributed by atoms with Crippen LogP contribution in [0.4, 0.5) is 0 Å². The van der Waals surface area contributed by atoms with Crippen LogP contribution in [-0.4, -0.2) is 11.1 Å². The number of alkyl halides is 1. The van der Waals surface area contributed by atoms with Crippen LogP contribution in [0.25, 0.3) is 0 Å². The van der Waals surface area contributed by atoms with Crippen molar-refractivity contribution in [1.29, 1.82) is 0 Å². The molecule has 0 radical (unpaired) electrons. The third-order valence-electron chi connectivity index (χ3n) is 1.68. The highest BCUT2D eigenvalue weighted by atomic mass is 79.9. The summed E-state index contributed by atoms with van der Waals surface area (Å²) in [7, 11) is 0. The molecule has 1 aromatic rings. The first-order valence-corrected chi connectivity index (χ1v) is 4.98. The lowest BCUT2D eigenvalue weighted by molar-refractivity contribution is 0.0697. The summed E-state index contributed by atoms with van der Waals surface area (Å²) in [6, 6.07) is 4.91. The fourth-order valence-corrected chi connectivity index (χ4v) is 1.51. The van der Waals surface area contributed by atoms with E-state index in [0.717, 1.165) is 5.56 Å². The molecule has 0 amide bonds. The summed E-state index contributed by atoms with van der Waals surface area (Å²) in [5.74, 6) is -1.00. The number of hydrogen-bond acceptors (Lipinski definition) is 1. The van der Waals surface area contributed by atoms with E-state index in [9.17, 15) is 4.79 Å². The van der Waals surface area contributed by atoms with Crippen LogP contribution in [0.5, 0.6) is 0 Å². The van der Waals surface area contributed by atoms with Gasteiger partial charge in [0, 0.05) is 4.83 Å². The van der Waals surface area contributed by atoms with Crippen LogP contribution < -0.4 is 0 Å². The Bertz CT molecular complexity index is 336. The number of halogens is 2. The van der Waals surface area contributed by atoms with Crippen molar-refractivity contribution in [2.75, 3.05) is 0 Å². The summed E-state index contributed by atoms with van der Waals surface area (Å²) in [5, 5.41) is 8.97. The van der Waals surface area contributed by atoms with Crippen LogP contribution in [0.15, 0.2) is 18.2 Å². The molecule has 2 nitrogen and oxygen atoms in total. The molecular formula is C9H8BrClO2. The molecule has 0 saturated carbocycles. The van der Waals surface area contributed by atoms with Crippen molar-refractivity contribution in [1.82, 2.24) is 0 Å². The molecule has 1 aromatic carbocycles. The van der Waals surface area contributed by atoms with Crippen LogP contribution >= 0.6 is 27.5 Å². The molecule has 1 N–H and O–H groups in total. The zero-order chi connectivity index (χ0) is 10.0. The Morgan fingerprint density at radius 3 is 2.62 bits per heavy atom. The standard InChI is InChI=1S/C9H8BrClO2/c1-5(10)6-2-3-7(9(12)13)8(11)4-6/h2-5H,1H3,(H,12,13). The minimum Gasteiger partial charge on any atom is -0.478 e. The van der Waals surface area contributed by atoms with Crippen molar-refractivity contribution in [3.05, 3.63) is 34.3 Å². The smallest absolute Gasteiger partial charge is 0.337 e. The highest BCUT2D eigenvalue weighted by molar-refractivity contribution is 9.09. The van der Waals surface area contributed by atoms with Gasteiger partial charge in [0.2, 0.25) is 0 Å². The molecular weight excluding hydrogens is 255 g/mol. The van der Waals surface area contributed by atoms with Gasteiger partial charge in [-0.05, 0) is 24.6 Å². The SMILES string of the molecule is CC(Br)c1ccc(C(=O)O)c(Cl)c1. The average molecular weight is 264 g/mol. The van der Waals surface area contributed by atoms with E-state index >= 15 is 0 Å². The molecule has 1 unspecified atom stereocenters. The Morgan fingerprint density at radius 1 is 1.62 bits per heavy atom. The quantitative estimate of drug-likeness (QED) is 0.829. The van der Waals surface area contributed by atoms with Gasteiger partial charge >= 0.3 is 5.97 Å². The highest BCUT2D eigenvalue weighted by Crippen LogP contribution is 2.26. The largest absolute Gasteiger partial charge is 0.478 e. The van der Waals surface area contributed by atoms with E-state index in [2.05, 4.69) is 15.9 Å². The number of carbonyl (C=O) groups is 1. The molecule has 13 heavy (non-hydrogen) atoms. The fourth-order valence-electron chi connectivity index (χ4n) is 0.952. The molecule has 0 bridgehead atoms. The highest BCUT2D eigenvalue weighted by Gasteiger charge is 2.10. The van der Waals surface area contributed by atoms with Crippen molar-refractivity contribution < 1.29 is 9.90 Å². The van der Waals surface area contributed by atoms with Crippen molar-refractivity contribution in [3.63, 3.8) is 0 Å². The van der Waals surface area contributed by atoms with Crippen LogP contribution in [0.1, 0.15) is 27.7 Å². The lowest BCUT2D eigenvalue weighted by Crippen LogP contribution is -1.98. The minimum atomic E-state index is -1.00. The molecule has 0 fully saturated rings. The molecule has 70 valence electrons. The summed E-state index contributed by atoms with van der Waals surface area (Å²) in [6.07, 6.45) is 0. The molecule has 4 heteroatoms. The Hall–Kier alpha value is -0.540. The van der Waals surface area contributed by atoms with Gasteiger partial charge in [0.1, 0.15) is 0 Å². The number of aromatic carboxylic acids is 1. The predicted molar refractivity (Wildman–Crippen MR) is 55.8 cm³/mol. The second-order valence-electron chi connectivity index (χ2n) is 2.66. The molecule has 0 aliphatic carbocycles. The predicted octanol–water partition coefficient (Wildman–Crippen LogP) is 3.49. The van der Waals surface area contributed by atoms with Crippen LogP contribution in [0.2, 0.25) is 5.02 Å². The molecule has 1 rings (SSSR count). The fraction of sp³-hybridized carbons (Fsp3) is 0.222. The van der Waals surface area contributed by atoms with E-state index in [0.29, 0.717) is 0 Å². The van der Waals surface area contributed by atoms with Crippen molar-refractivity contribution in [3.8, 4) is 0 Å². The molecule has 0 aliphatic rings. The van der Waals surface area contributed by atoms with Gasteiger partial charge in [0.25, 0.3) is 0 Å². The monoisotopic (exact) mass is 262 g/mol. The van der Waals surface area contributed by atoms with Crippen molar-refractivity contribution in [2.45, 2.75) is 11.8 Å². The summed E-state index contributed by atoms with van der Waals surface area (Å²) in [6.45, 7) is 1.95. The van der Waals surface area contributed by atoms with Gasteiger partial charge < -0.3 is 5.11 Å². The van der Waals surface area contributed by atoms with E-state index in [4.69, 9.17) is 16.7 Å². The van der Waals surface area contributed by atoms with Gasteiger partial charge in [-0.25, -0.2) is 4.79 Å². The van der Waals surface area contributed by atoms with Gasteiger partial charge in [-0.15, -0.1) is 0 Å². The van der Waals surface area contributed by atoms with Gasteiger partial charge in [-0.1, -0.05) is 33.6 Å². The van der Waals surface area contributed by atoms with Gasteiger partial charge in [0.15, 0.2) is 0 Å². The molecule has 0 saturated heterocycles. The maximum Gasteiger partial charge on any atom is 0.337 e. The third-order valence-corrected chi connectivity index (χ3v) is 2.52. The topological polar surface area (TPSA) is 37.3 Å². The number of benzene rings is 1. The first-order chi connectivity index (χ1) is 6.02. The van der Waals surface area contributed by atoms with E-state index in [1.165, 1.54) is 6.07 Å². The second kappa shape index (κ2) is 4.11. The minimum absolute atomic E-state index is 0.138. The molecule has 0 heterocycles. The number of rotatable bonds is 2. The lowest BCUT2D eigenvalue weighted by Gasteiger charge is -2.05. The maximum atomic E-state index is 10.6. The normalized spacial score (nSPS) is 12.5. The summed E-state index contributed by atoms with van der Waals surface area (Å²) >= 11 is 9.14. The Kier molecular flexibility index (Phi) is 3.33. The first kappa shape index (κ1) is 10.5. The van der Waals surface area contributed by atoms with Crippen molar-refractivity contribution in [2.24, 2.45) is 0 Å². The Balaban J connectivity index is 3.13. The number of hydrogen-bond donors (Lipinski definition) is 1. The zero-order valence-electron chi connectivity index (χ0n) is 6.92. The summed E-state index contributed by atoms with van der Waals surface area (Å²) in [4.78, 5) is 10.8. The van der Waals surface area contributed by atoms with E-state index in [1.54, 1.807) is 12.1 Å². The van der Waals surface area contributed by atoms with Crippen LogP contribution in [0, 0.1) is 0 Å². The van der Waals surface area contributed by atoms with E-state index in [1.807, 2.05) is 6.92 Å². The number of carboxylic acid groups (broad SMARTS) is 1. The Morgan fingerprint density at radius 2 is 2.23 bits per heavy atom. The van der Waals surface area contributed by atoms with E-state index in [-0.39, 0.29) is 15.4 Å². The van der Waals surface area contributed by atoms with Gasteiger partial charge in [-0.3, -0.25) is 0 Å². The summed E-state index contributed by atoms with van der Waals surface area (Å²) < 4.78 is 0. The summed E-state index contributed by atoms with van der Waals surface area (Å²) in [5.41, 5.74) is 1.11. The van der Waals surface area contributed by atoms with E-state index < -0.39 is 5.97 Å². The molecule has 0 aliphatic heterocycles. The molecule has 1 atom stereocenters. The second-order valence-corrected chi connectivity index (χ2v) is 4.44. The van der Waals surface area contributed by atoms with Gasteiger partial charge in [-0.2, -0.15) is 0 Å².